The van der Waals surface area contributed by atoms with Gasteiger partial charge in [-0.1, -0.05) is 34.1 Å². The highest BCUT2D eigenvalue weighted by Gasteiger charge is 2.57. The lowest BCUT2D eigenvalue weighted by atomic mass is 9.44. The third kappa shape index (κ3) is 4.50. The number of aliphatic hydroxyl groups is 1. The van der Waals surface area contributed by atoms with Gasteiger partial charge in [-0.2, -0.15) is 0 Å². The van der Waals surface area contributed by atoms with E-state index in [1.54, 1.807) is 0 Å². The highest BCUT2D eigenvalue weighted by Crippen LogP contribution is 2.64. The Morgan fingerprint density at radius 1 is 1.10 bits per heavy atom. The molecule has 5 heteroatoms. The van der Waals surface area contributed by atoms with Crippen LogP contribution in [0.4, 0.5) is 0 Å². The molecule has 0 bridgehead atoms. The molecular formula is C24H40O5. The van der Waals surface area contributed by atoms with Gasteiger partial charge in [0, 0.05) is 5.41 Å². The summed E-state index contributed by atoms with van der Waals surface area (Å²) >= 11 is 0. The average molecular weight is 409 g/mol. The summed E-state index contributed by atoms with van der Waals surface area (Å²) in [6.45, 7) is 9.75. The van der Waals surface area contributed by atoms with Crippen molar-refractivity contribution in [3.05, 3.63) is 0 Å². The summed E-state index contributed by atoms with van der Waals surface area (Å²) in [6, 6.07) is 0. The predicted octanol–water partition coefficient (Wildman–Crippen LogP) is 4.66. The van der Waals surface area contributed by atoms with Gasteiger partial charge in [0.2, 0.25) is 0 Å². The van der Waals surface area contributed by atoms with Crippen molar-refractivity contribution in [1.82, 2.24) is 0 Å². The molecule has 5 nitrogen and oxygen atoms in total. The molecule has 3 aliphatic rings. The van der Waals surface area contributed by atoms with E-state index in [4.69, 9.17) is 9.84 Å². The van der Waals surface area contributed by atoms with Gasteiger partial charge in [0.05, 0.1) is 13.0 Å². The van der Waals surface area contributed by atoms with Crippen molar-refractivity contribution in [2.75, 3.05) is 6.61 Å². The van der Waals surface area contributed by atoms with E-state index in [2.05, 4.69) is 27.7 Å². The first-order valence-electron chi connectivity index (χ1n) is 11.6. The summed E-state index contributed by atoms with van der Waals surface area (Å²) in [5.74, 6) is 1.76. The zero-order valence-electron chi connectivity index (χ0n) is 18.7. The van der Waals surface area contributed by atoms with Crippen LogP contribution in [-0.2, 0) is 14.3 Å². The maximum Gasteiger partial charge on any atom is 0.335 e. The second-order valence-electron chi connectivity index (χ2n) is 11.0. The highest BCUT2D eigenvalue weighted by atomic mass is 16.5. The molecule has 0 heterocycles. The van der Waals surface area contributed by atoms with E-state index in [-0.39, 0.29) is 12.0 Å². The van der Waals surface area contributed by atoms with Crippen molar-refractivity contribution in [3.8, 4) is 0 Å². The van der Waals surface area contributed by atoms with Gasteiger partial charge in [0.1, 0.15) is 0 Å². The van der Waals surface area contributed by atoms with Gasteiger partial charge >= 0.3 is 11.9 Å². The van der Waals surface area contributed by atoms with Crippen molar-refractivity contribution in [1.29, 1.82) is 0 Å². The molecule has 3 saturated carbocycles. The number of esters is 1. The molecule has 0 spiro atoms. The predicted molar refractivity (Wildman–Crippen MR) is 111 cm³/mol. The second-order valence-corrected chi connectivity index (χ2v) is 11.0. The number of aliphatic carboxylic acids is 1. The summed E-state index contributed by atoms with van der Waals surface area (Å²) in [6.07, 6.45) is 7.77. The van der Waals surface area contributed by atoms with Crippen LogP contribution in [0.5, 0.6) is 0 Å². The molecule has 0 amide bonds. The molecule has 166 valence electrons. The third-order valence-electron chi connectivity index (χ3n) is 8.92. The Bertz CT molecular complexity index is 616. The number of rotatable bonds is 6. The largest absolute Gasteiger partial charge is 0.481 e. The summed E-state index contributed by atoms with van der Waals surface area (Å²) < 4.78 is 5.47. The standard InChI is InChI=1S/C24H40O5/c1-15(2)16-6-8-18-17(12-16)7-9-20-23(3,10-5-11-24(18,20)4)14-29-22(28)19(25)13-21(26)27/h15-20,25H,5-14H2,1-4H3,(H,26,27)/t16?,17?,18?,19?,20?,23-,24+/m1/s1. The lowest BCUT2D eigenvalue weighted by molar-refractivity contribution is -0.172. The summed E-state index contributed by atoms with van der Waals surface area (Å²) in [4.78, 5) is 22.8. The van der Waals surface area contributed by atoms with Crippen LogP contribution in [0.2, 0.25) is 0 Å². The Hall–Kier alpha value is -1.10. The van der Waals surface area contributed by atoms with E-state index >= 15 is 0 Å². The number of hydrogen-bond donors (Lipinski definition) is 2. The maximum absolute atomic E-state index is 12.1. The normalized spacial score (nSPS) is 40.6. The fraction of sp³-hybridized carbons (Fsp3) is 0.917. The van der Waals surface area contributed by atoms with Gasteiger partial charge in [0.25, 0.3) is 0 Å². The van der Waals surface area contributed by atoms with Crippen molar-refractivity contribution in [3.63, 3.8) is 0 Å². The van der Waals surface area contributed by atoms with Gasteiger partial charge in [-0.05, 0) is 80.0 Å². The molecule has 0 aromatic carbocycles. The summed E-state index contributed by atoms with van der Waals surface area (Å²) in [5, 5.41) is 18.5. The van der Waals surface area contributed by atoms with Crippen molar-refractivity contribution in [2.45, 2.75) is 91.6 Å². The van der Waals surface area contributed by atoms with Gasteiger partial charge in [-0.15, -0.1) is 0 Å². The zero-order chi connectivity index (χ0) is 21.4. The molecule has 0 aromatic heterocycles. The second kappa shape index (κ2) is 8.56. The SMILES string of the molecule is CC(C)C1CCC2C(CCC3[C@@](C)(COC(=O)C(O)CC(=O)O)CCC[C@@]23C)C1. The van der Waals surface area contributed by atoms with Crippen LogP contribution in [0.25, 0.3) is 0 Å². The van der Waals surface area contributed by atoms with Crippen LogP contribution < -0.4 is 0 Å². The number of hydrogen-bond acceptors (Lipinski definition) is 4. The smallest absolute Gasteiger partial charge is 0.335 e. The molecule has 3 aliphatic carbocycles. The van der Waals surface area contributed by atoms with Crippen LogP contribution in [0.1, 0.15) is 85.5 Å². The van der Waals surface area contributed by atoms with Gasteiger partial charge < -0.3 is 14.9 Å². The highest BCUT2D eigenvalue weighted by molar-refractivity contribution is 5.80. The van der Waals surface area contributed by atoms with Gasteiger partial charge in [-0.3, -0.25) is 4.79 Å². The van der Waals surface area contributed by atoms with Crippen molar-refractivity contribution < 1.29 is 24.5 Å². The Balaban J connectivity index is 1.69. The van der Waals surface area contributed by atoms with E-state index in [9.17, 15) is 14.7 Å². The first-order chi connectivity index (χ1) is 13.6. The van der Waals surface area contributed by atoms with E-state index in [0.717, 1.165) is 36.5 Å². The fourth-order valence-corrected chi connectivity index (χ4v) is 7.37. The van der Waals surface area contributed by atoms with Gasteiger partial charge in [0.15, 0.2) is 6.10 Å². The first kappa shape index (κ1) is 22.6. The van der Waals surface area contributed by atoms with E-state index in [1.807, 2.05) is 0 Å². The fourth-order valence-electron chi connectivity index (χ4n) is 7.37. The molecule has 3 fully saturated rings. The molecule has 5 unspecified atom stereocenters. The molecule has 0 radical (unpaired) electrons. The van der Waals surface area contributed by atoms with E-state index in [1.165, 1.54) is 38.5 Å². The Morgan fingerprint density at radius 3 is 2.48 bits per heavy atom. The minimum Gasteiger partial charge on any atom is -0.481 e. The first-order valence-corrected chi connectivity index (χ1v) is 11.6. The molecule has 2 N–H and O–H groups in total. The van der Waals surface area contributed by atoms with Crippen LogP contribution in [0, 0.1) is 40.4 Å². The number of carboxylic acids is 1. The quantitative estimate of drug-likeness (QED) is 0.625. The van der Waals surface area contributed by atoms with Crippen molar-refractivity contribution >= 4 is 11.9 Å². The number of ether oxygens (including phenoxy) is 1. The van der Waals surface area contributed by atoms with Crippen LogP contribution >= 0.6 is 0 Å². The number of carboxylic acid groups (broad SMARTS) is 1. The lowest BCUT2D eigenvalue weighted by Gasteiger charge is -2.61. The zero-order valence-corrected chi connectivity index (χ0v) is 18.7. The number of fused-ring (bicyclic) bond motifs is 3. The Kier molecular flexibility index (Phi) is 6.67. The minimum absolute atomic E-state index is 0.0918. The van der Waals surface area contributed by atoms with E-state index in [0.29, 0.717) is 11.3 Å². The lowest BCUT2D eigenvalue weighted by Crippen LogP contribution is -2.55. The average Bonchev–Trinajstić information content (AvgIpc) is 2.65. The van der Waals surface area contributed by atoms with Crippen LogP contribution in [0.3, 0.4) is 0 Å². The molecular weight excluding hydrogens is 368 g/mol. The maximum atomic E-state index is 12.1. The van der Waals surface area contributed by atoms with Crippen molar-refractivity contribution in [2.24, 2.45) is 40.4 Å². The minimum atomic E-state index is -1.58. The number of aliphatic hydroxyl groups excluding tert-OH is 1. The Morgan fingerprint density at radius 2 is 1.83 bits per heavy atom. The van der Waals surface area contributed by atoms with E-state index < -0.39 is 24.5 Å². The molecule has 0 aromatic rings. The molecule has 7 atom stereocenters. The summed E-state index contributed by atoms with van der Waals surface area (Å²) in [5.41, 5.74) is 0.204. The monoisotopic (exact) mass is 408 g/mol. The topological polar surface area (TPSA) is 83.8 Å². The summed E-state index contributed by atoms with van der Waals surface area (Å²) in [7, 11) is 0. The number of carbonyl (C=O) groups is 2. The molecule has 29 heavy (non-hydrogen) atoms. The molecule has 0 saturated heterocycles. The van der Waals surface area contributed by atoms with Crippen LogP contribution in [0.15, 0.2) is 0 Å². The third-order valence-corrected chi connectivity index (χ3v) is 8.92. The van der Waals surface area contributed by atoms with Crippen LogP contribution in [-0.4, -0.2) is 34.9 Å². The molecule has 3 rings (SSSR count). The Labute approximate surface area is 175 Å². The number of carbonyl (C=O) groups excluding carboxylic acids is 1. The van der Waals surface area contributed by atoms with Gasteiger partial charge in [-0.25, -0.2) is 4.79 Å². The molecule has 0 aliphatic heterocycles.